The molecule has 2 aromatic carbocycles. The number of rotatable bonds is 6. The van der Waals surface area contributed by atoms with Crippen LogP contribution in [0.1, 0.15) is 36.3 Å². The van der Waals surface area contributed by atoms with Crippen LogP contribution in [0, 0.1) is 0 Å². The van der Waals surface area contributed by atoms with Gasteiger partial charge in [0.25, 0.3) is 5.91 Å². The third-order valence-corrected chi connectivity index (χ3v) is 4.99. The molecule has 0 aromatic heterocycles. The minimum atomic E-state index is -0.626. The molecule has 2 amide bonds. The molecule has 6 heteroatoms. The molecule has 0 saturated carbocycles. The summed E-state index contributed by atoms with van der Waals surface area (Å²) in [6, 6.07) is 18.0. The van der Waals surface area contributed by atoms with E-state index in [0.717, 1.165) is 24.0 Å². The molecule has 0 aliphatic carbocycles. The molecule has 1 aliphatic rings. The summed E-state index contributed by atoms with van der Waals surface area (Å²) >= 11 is 0. The van der Waals surface area contributed by atoms with E-state index in [1.54, 1.807) is 0 Å². The fourth-order valence-corrected chi connectivity index (χ4v) is 3.58. The highest BCUT2D eigenvalue weighted by atomic mass is 16.5. The molecule has 3 rings (SSSR count). The summed E-state index contributed by atoms with van der Waals surface area (Å²) in [5, 5.41) is 0. The van der Waals surface area contributed by atoms with E-state index in [1.165, 1.54) is 4.90 Å². The average molecular weight is 380 g/mol. The van der Waals surface area contributed by atoms with E-state index >= 15 is 0 Å². The Morgan fingerprint density at radius 2 is 1.54 bits per heavy atom. The van der Waals surface area contributed by atoms with Crippen LogP contribution in [0.4, 0.5) is 0 Å². The van der Waals surface area contributed by atoms with Crippen LogP contribution in [0.2, 0.25) is 0 Å². The predicted octanol–water partition coefficient (Wildman–Crippen LogP) is 2.23. The first-order valence-electron chi connectivity index (χ1n) is 9.43. The number of amides is 2. The van der Waals surface area contributed by atoms with Gasteiger partial charge in [0.05, 0.1) is 0 Å². The lowest BCUT2D eigenvalue weighted by Gasteiger charge is -2.33. The molecule has 2 aromatic rings. The highest BCUT2D eigenvalue weighted by molar-refractivity contribution is 5.89. The van der Waals surface area contributed by atoms with E-state index in [9.17, 15) is 14.4 Å². The summed E-state index contributed by atoms with van der Waals surface area (Å²) in [5.41, 5.74) is 6.99. The summed E-state index contributed by atoms with van der Waals surface area (Å²) < 4.78 is 5.37. The van der Waals surface area contributed by atoms with Crippen molar-refractivity contribution in [3.05, 3.63) is 71.8 Å². The maximum absolute atomic E-state index is 12.9. The van der Waals surface area contributed by atoms with Crippen molar-refractivity contribution in [1.82, 2.24) is 4.90 Å². The van der Waals surface area contributed by atoms with Gasteiger partial charge in [0, 0.05) is 6.54 Å². The van der Waals surface area contributed by atoms with Crippen molar-refractivity contribution in [2.24, 2.45) is 5.73 Å². The smallest absolute Gasteiger partial charge is 0.318 e. The van der Waals surface area contributed by atoms with Gasteiger partial charge in [-0.05, 0) is 30.4 Å². The first kappa shape index (κ1) is 19.6. The topological polar surface area (TPSA) is 89.7 Å². The van der Waals surface area contributed by atoms with Crippen molar-refractivity contribution in [3.63, 3.8) is 0 Å². The quantitative estimate of drug-likeness (QED) is 0.778. The van der Waals surface area contributed by atoms with E-state index in [0.29, 0.717) is 13.0 Å². The number of carbonyl (C=O) groups excluding carboxylic acids is 3. The number of likely N-dealkylation sites (tertiary alicyclic amines) is 1. The number of nitrogens with two attached hydrogens (primary N) is 1. The molecule has 1 atom stereocenters. The predicted molar refractivity (Wildman–Crippen MR) is 104 cm³/mol. The maximum atomic E-state index is 12.9. The van der Waals surface area contributed by atoms with Gasteiger partial charge in [-0.2, -0.15) is 0 Å². The van der Waals surface area contributed by atoms with Gasteiger partial charge in [-0.25, -0.2) is 0 Å². The monoisotopic (exact) mass is 380 g/mol. The first-order chi connectivity index (χ1) is 13.6. The molecule has 0 radical (unpaired) electrons. The zero-order chi connectivity index (χ0) is 19.9. The standard InChI is InChI=1S/C22H24N2O4/c23-21(26)18-13-7-8-14-24(18)19(25)15-28-22(27)20(16-9-3-1-4-10-16)17-11-5-2-6-12-17/h1-6,9-12,18,20H,7-8,13-15H2,(H2,23,26)/t18-/m1/s1. The molecule has 1 saturated heterocycles. The number of carbonyl (C=O) groups is 3. The number of piperidine rings is 1. The second-order valence-electron chi connectivity index (χ2n) is 6.86. The Morgan fingerprint density at radius 3 is 2.07 bits per heavy atom. The molecule has 1 aliphatic heterocycles. The summed E-state index contributed by atoms with van der Waals surface area (Å²) in [6.45, 7) is 0.0452. The Morgan fingerprint density at radius 1 is 0.964 bits per heavy atom. The molecule has 146 valence electrons. The number of benzene rings is 2. The van der Waals surface area contributed by atoms with Crippen molar-refractivity contribution in [1.29, 1.82) is 0 Å². The number of hydrogen-bond acceptors (Lipinski definition) is 4. The normalized spacial score (nSPS) is 16.6. The Balaban J connectivity index is 1.72. The number of esters is 1. The number of hydrogen-bond donors (Lipinski definition) is 1. The summed E-state index contributed by atoms with van der Waals surface area (Å²) in [7, 11) is 0. The highest BCUT2D eigenvalue weighted by Crippen LogP contribution is 2.26. The Labute approximate surface area is 164 Å². The van der Waals surface area contributed by atoms with Crippen molar-refractivity contribution in [2.75, 3.05) is 13.2 Å². The van der Waals surface area contributed by atoms with Crippen LogP contribution in [-0.4, -0.2) is 41.9 Å². The van der Waals surface area contributed by atoms with Gasteiger partial charge >= 0.3 is 5.97 Å². The van der Waals surface area contributed by atoms with Crippen molar-refractivity contribution in [2.45, 2.75) is 31.2 Å². The lowest BCUT2D eigenvalue weighted by Crippen LogP contribution is -2.51. The molecule has 1 heterocycles. The van der Waals surface area contributed by atoms with Gasteiger partial charge in [-0.1, -0.05) is 60.7 Å². The van der Waals surface area contributed by atoms with Gasteiger partial charge in [0.1, 0.15) is 12.0 Å². The van der Waals surface area contributed by atoms with E-state index in [1.807, 2.05) is 60.7 Å². The Bertz CT molecular complexity index is 783. The van der Waals surface area contributed by atoms with Crippen LogP contribution in [0.3, 0.4) is 0 Å². The number of nitrogens with zero attached hydrogens (tertiary/aromatic N) is 1. The molecule has 0 spiro atoms. The summed E-state index contributed by atoms with van der Waals surface area (Å²) in [4.78, 5) is 38.5. The zero-order valence-electron chi connectivity index (χ0n) is 15.6. The second kappa shape index (κ2) is 9.17. The van der Waals surface area contributed by atoms with Crippen LogP contribution in [0.25, 0.3) is 0 Å². The van der Waals surface area contributed by atoms with E-state index < -0.39 is 36.4 Å². The van der Waals surface area contributed by atoms with Gasteiger partial charge in [0.15, 0.2) is 6.61 Å². The Kier molecular flexibility index (Phi) is 6.42. The van der Waals surface area contributed by atoms with Gasteiger partial charge < -0.3 is 15.4 Å². The zero-order valence-corrected chi connectivity index (χ0v) is 15.6. The third-order valence-electron chi connectivity index (χ3n) is 4.99. The molecule has 28 heavy (non-hydrogen) atoms. The van der Waals surface area contributed by atoms with Crippen molar-refractivity contribution >= 4 is 17.8 Å². The van der Waals surface area contributed by atoms with Gasteiger partial charge in [0.2, 0.25) is 5.91 Å². The molecular weight excluding hydrogens is 356 g/mol. The van der Waals surface area contributed by atoms with Crippen LogP contribution in [-0.2, 0) is 19.1 Å². The molecular formula is C22H24N2O4. The van der Waals surface area contributed by atoms with Crippen LogP contribution >= 0.6 is 0 Å². The van der Waals surface area contributed by atoms with Crippen molar-refractivity contribution in [3.8, 4) is 0 Å². The minimum absolute atomic E-state index is 0.392. The second-order valence-corrected chi connectivity index (χ2v) is 6.86. The molecule has 0 bridgehead atoms. The Hall–Kier alpha value is -3.15. The van der Waals surface area contributed by atoms with Crippen molar-refractivity contribution < 1.29 is 19.1 Å². The van der Waals surface area contributed by atoms with Crippen LogP contribution < -0.4 is 5.73 Å². The first-order valence-corrected chi connectivity index (χ1v) is 9.43. The molecule has 0 unspecified atom stereocenters. The summed E-state index contributed by atoms with van der Waals surface area (Å²) in [6.07, 6.45) is 2.20. The van der Waals surface area contributed by atoms with Crippen LogP contribution in [0.15, 0.2) is 60.7 Å². The average Bonchev–Trinajstić information content (AvgIpc) is 2.73. The number of ether oxygens (including phenoxy) is 1. The molecule has 6 nitrogen and oxygen atoms in total. The SMILES string of the molecule is NC(=O)[C@H]1CCCCN1C(=O)COC(=O)C(c1ccccc1)c1ccccc1. The highest BCUT2D eigenvalue weighted by Gasteiger charge is 2.32. The fraction of sp³-hybridized carbons (Fsp3) is 0.318. The lowest BCUT2D eigenvalue weighted by atomic mass is 9.91. The molecule has 1 fully saturated rings. The number of primary amides is 1. The van der Waals surface area contributed by atoms with Gasteiger partial charge in [-0.3, -0.25) is 14.4 Å². The largest absolute Gasteiger partial charge is 0.455 e. The lowest BCUT2D eigenvalue weighted by molar-refractivity contribution is -0.155. The van der Waals surface area contributed by atoms with E-state index in [4.69, 9.17) is 10.5 Å². The maximum Gasteiger partial charge on any atom is 0.318 e. The minimum Gasteiger partial charge on any atom is -0.455 e. The van der Waals surface area contributed by atoms with Crippen LogP contribution in [0.5, 0.6) is 0 Å². The fourth-order valence-electron chi connectivity index (χ4n) is 3.58. The van der Waals surface area contributed by atoms with E-state index in [-0.39, 0.29) is 0 Å². The third kappa shape index (κ3) is 4.57. The van der Waals surface area contributed by atoms with Gasteiger partial charge in [-0.15, -0.1) is 0 Å². The van der Waals surface area contributed by atoms with E-state index in [2.05, 4.69) is 0 Å². The molecule has 2 N–H and O–H groups in total. The summed E-state index contributed by atoms with van der Waals surface area (Å²) in [5.74, 6) is -2.04.